The maximum Gasteiger partial charge on any atom is 0.262 e. The van der Waals surface area contributed by atoms with Crippen LogP contribution in [0.3, 0.4) is 0 Å². The van der Waals surface area contributed by atoms with Crippen LogP contribution in [0.25, 0.3) is 0 Å². The van der Waals surface area contributed by atoms with Crippen molar-refractivity contribution in [2.75, 3.05) is 41.0 Å². The molecule has 3 aliphatic rings. The zero-order valence-electron chi connectivity index (χ0n) is 25.6. The molecule has 9 nitrogen and oxygen atoms in total. The van der Waals surface area contributed by atoms with Gasteiger partial charge in [0.15, 0.2) is 11.5 Å². The molecule has 2 amide bonds. The molecule has 1 fully saturated rings. The molecule has 2 aromatic carbocycles. The van der Waals surface area contributed by atoms with E-state index in [9.17, 15) is 9.59 Å². The topological polar surface area (TPSA) is 101 Å². The number of allylic oxidation sites excluding steroid dienone is 2. The summed E-state index contributed by atoms with van der Waals surface area (Å²) in [5, 5.41) is 6.85. The summed E-state index contributed by atoms with van der Waals surface area (Å²) in [6.45, 7) is 5.70. The van der Waals surface area contributed by atoms with Crippen LogP contribution in [-0.2, 0) is 16.0 Å². The van der Waals surface area contributed by atoms with Crippen molar-refractivity contribution in [2.24, 2.45) is 10.4 Å². The Morgan fingerprint density at radius 2 is 1.74 bits per heavy atom. The molecule has 1 atom stereocenters. The average molecular weight is 585 g/mol. The van der Waals surface area contributed by atoms with Gasteiger partial charge in [0.05, 0.1) is 43.6 Å². The van der Waals surface area contributed by atoms with Crippen LogP contribution in [0.1, 0.15) is 44.2 Å². The summed E-state index contributed by atoms with van der Waals surface area (Å²) in [7, 11) is 4.88. The number of aliphatic imine (C=N–C) groups is 1. The molecular formula is C34H40N4O5. The van der Waals surface area contributed by atoms with E-state index < -0.39 is 5.41 Å². The lowest BCUT2D eigenvalue weighted by Crippen LogP contribution is -2.53. The van der Waals surface area contributed by atoms with Crippen LogP contribution in [0.4, 0.5) is 0 Å². The number of nitrogens with one attached hydrogen (secondary N) is 2. The minimum atomic E-state index is -0.828. The minimum Gasteiger partial charge on any atom is -0.496 e. The van der Waals surface area contributed by atoms with Crippen LogP contribution in [-0.4, -0.2) is 63.5 Å². The molecule has 9 heteroatoms. The van der Waals surface area contributed by atoms with Gasteiger partial charge in [0.1, 0.15) is 11.6 Å². The van der Waals surface area contributed by atoms with E-state index in [1.165, 1.54) is 4.90 Å². The Morgan fingerprint density at radius 3 is 2.49 bits per heavy atom. The van der Waals surface area contributed by atoms with Gasteiger partial charge in [0.25, 0.3) is 5.91 Å². The minimum absolute atomic E-state index is 0.155. The zero-order chi connectivity index (χ0) is 30.6. The van der Waals surface area contributed by atoms with E-state index in [0.717, 1.165) is 35.4 Å². The second kappa shape index (κ2) is 12.9. The normalized spacial score (nSPS) is 19.6. The smallest absolute Gasteiger partial charge is 0.262 e. The van der Waals surface area contributed by atoms with Gasteiger partial charge in [-0.1, -0.05) is 31.2 Å². The number of hydrogen-bond donors (Lipinski definition) is 2. The number of para-hydroxylation sites is 1. The van der Waals surface area contributed by atoms with Gasteiger partial charge in [-0.05, 0) is 80.8 Å². The number of piperidine rings is 1. The van der Waals surface area contributed by atoms with Crippen molar-refractivity contribution in [3.05, 3.63) is 88.3 Å². The predicted molar refractivity (Wildman–Crippen MR) is 166 cm³/mol. The first-order valence-corrected chi connectivity index (χ1v) is 14.8. The number of rotatable bonds is 12. The van der Waals surface area contributed by atoms with Gasteiger partial charge in [0, 0.05) is 18.7 Å². The highest BCUT2D eigenvalue weighted by Gasteiger charge is 2.50. The standard InChI is InChI=1S/C34H40N4O5/c1-6-34(2)25-14-13-23-21-26(37-31(36-23)24-10-7-8-11-27(24)41-3)30(25)32(39)38(33(34)40)19-9-17-35-18-16-22-12-15-28(42-4)29(20-22)43-5/h7-8,10-15,20,35H,6,9,16-19,21H2,1-5H3,(H,36,37). The zero-order valence-corrected chi connectivity index (χ0v) is 25.6. The molecule has 0 saturated carbocycles. The number of amides is 2. The highest BCUT2D eigenvalue weighted by molar-refractivity contribution is 6.15. The van der Waals surface area contributed by atoms with Crippen molar-refractivity contribution in [3.63, 3.8) is 0 Å². The van der Waals surface area contributed by atoms with Crippen molar-refractivity contribution in [1.82, 2.24) is 15.5 Å². The number of carbonyl (C=O) groups is 2. The first-order valence-electron chi connectivity index (χ1n) is 14.8. The van der Waals surface area contributed by atoms with Crippen molar-refractivity contribution in [1.29, 1.82) is 0 Å². The second-order valence-corrected chi connectivity index (χ2v) is 11.0. The number of likely N-dealkylation sites (tertiary alicyclic amines) is 1. The van der Waals surface area contributed by atoms with Crippen molar-refractivity contribution in [2.45, 2.75) is 39.5 Å². The van der Waals surface area contributed by atoms with Gasteiger partial charge in [-0.3, -0.25) is 14.5 Å². The summed E-state index contributed by atoms with van der Waals surface area (Å²) >= 11 is 0. The first kappa shape index (κ1) is 30.1. The summed E-state index contributed by atoms with van der Waals surface area (Å²) in [6.07, 6.45) is 6.42. The Balaban J connectivity index is 1.32. The number of imide groups is 1. The van der Waals surface area contributed by atoms with Crippen LogP contribution < -0.4 is 24.8 Å². The average Bonchev–Trinajstić information content (AvgIpc) is 3.17. The number of ether oxygens (including phenoxy) is 3. The SMILES string of the molecule is CCC1(C)C(=O)N(CCCNCCc2ccc(OC)c(OC)c2)C(=O)C2=C3CC(=CC=C21)NC(c1ccccc1OC)=N3. The van der Waals surface area contributed by atoms with Gasteiger partial charge in [-0.2, -0.15) is 0 Å². The molecular weight excluding hydrogens is 544 g/mol. The van der Waals surface area contributed by atoms with E-state index in [0.29, 0.717) is 66.7 Å². The molecule has 2 bridgehead atoms. The summed E-state index contributed by atoms with van der Waals surface area (Å²) < 4.78 is 16.3. The molecule has 1 aliphatic carbocycles. The third-order valence-corrected chi connectivity index (χ3v) is 8.51. The van der Waals surface area contributed by atoms with Gasteiger partial charge in [0.2, 0.25) is 5.91 Å². The fraction of sp³-hybridized carbons (Fsp3) is 0.382. The Labute approximate surface area is 253 Å². The molecule has 2 heterocycles. The van der Waals surface area contributed by atoms with E-state index in [2.05, 4.69) is 10.6 Å². The van der Waals surface area contributed by atoms with Gasteiger partial charge in [-0.25, -0.2) is 4.99 Å². The third kappa shape index (κ3) is 5.82. The number of hydrogen-bond acceptors (Lipinski definition) is 8. The summed E-state index contributed by atoms with van der Waals surface area (Å²) in [5.74, 6) is 2.30. The number of fused-ring (bicyclic) bond motifs is 3. The Kier molecular flexibility index (Phi) is 9.01. The van der Waals surface area contributed by atoms with Crippen LogP contribution in [0.2, 0.25) is 0 Å². The van der Waals surface area contributed by atoms with Gasteiger partial charge < -0.3 is 24.8 Å². The quantitative estimate of drug-likeness (QED) is 0.279. The lowest BCUT2D eigenvalue weighted by Gasteiger charge is -2.41. The molecule has 1 unspecified atom stereocenters. The fourth-order valence-electron chi connectivity index (χ4n) is 5.85. The molecule has 0 radical (unpaired) electrons. The van der Waals surface area contributed by atoms with Crippen LogP contribution in [0.15, 0.2) is 82.1 Å². The number of benzene rings is 2. The van der Waals surface area contributed by atoms with Crippen LogP contribution in [0.5, 0.6) is 17.2 Å². The number of carbonyl (C=O) groups excluding carboxylic acids is 2. The molecule has 0 aromatic heterocycles. The van der Waals surface area contributed by atoms with Crippen LogP contribution in [0, 0.1) is 5.41 Å². The molecule has 0 spiro atoms. The Morgan fingerprint density at radius 1 is 0.977 bits per heavy atom. The van der Waals surface area contributed by atoms with E-state index in [1.54, 1.807) is 21.3 Å². The van der Waals surface area contributed by atoms with E-state index >= 15 is 0 Å². The second-order valence-electron chi connectivity index (χ2n) is 11.0. The maximum atomic E-state index is 14.0. The highest BCUT2D eigenvalue weighted by atomic mass is 16.5. The van der Waals surface area contributed by atoms with Crippen LogP contribution >= 0.6 is 0 Å². The monoisotopic (exact) mass is 584 g/mol. The summed E-state index contributed by atoms with van der Waals surface area (Å²) in [6, 6.07) is 13.6. The number of methoxy groups -OCH3 is 3. The van der Waals surface area contributed by atoms with Gasteiger partial charge >= 0.3 is 0 Å². The molecule has 2 aliphatic heterocycles. The number of amidine groups is 1. The fourth-order valence-corrected chi connectivity index (χ4v) is 5.85. The Hall–Kier alpha value is -4.37. The van der Waals surface area contributed by atoms with Gasteiger partial charge in [-0.15, -0.1) is 0 Å². The van der Waals surface area contributed by atoms with Crippen molar-refractivity contribution >= 4 is 17.6 Å². The largest absolute Gasteiger partial charge is 0.496 e. The molecule has 226 valence electrons. The van der Waals surface area contributed by atoms with Crippen molar-refractivity contribution in [3.8, 4) is 17.2 Å². The Bertz CT molecular complexity index is 1540. The highest BCUT2D eigenvalue weighted by Crippen LogP contribution is 2.46. The first-order chi connectivity index (χ1) is 20.8. The molecule has 43 heavy (non-hydrogen) atoms. The molecule has 5 rings (SSSR count). The van der Waals surface area contributed by atoms with Crippen molar-refractivity contribution < 1.29 is 23.8 Å². The molecule has 2 N–H and O–H groups in total. The third-order valence-electron chi connectivity index (χ3n) is 8.51. The van der Waals surface area contributed by atoms with E-state index in [4.69, 9.17) is 19.2 Å². The predicted octanol–water partition coefficient (Wildman–Crippen LogP) is 4.54. The lowest BCUT2D eigenvalue weighted by molar-refractivity contribution is -0.150. The molecule has 1 saturated heterocycles. The summed E-state index contributed by atoms with van der Waals surface area (Å²) in [5.41, 5.74) is 3.98. The molecule has 2 aromatic rings. The van der Waals surface area contributed by atoms with E-state index in [1.807, 2.05) is 68.5 Å². The number of nitrogens with zero attached hydrogens (tertiary/aromatic N) is 2. The summed E-state index contributed by atoms with van der Waals surface area (Å²) in [4.78, 5) is 34.3. The van der Waals surface area contributed by atoms with E-state index in [-0.39, 0.29) is 11.8 Å². The maximum absolute atomic E-state index is 14.0. The lowest BCUT2D eigenvalue weighted by atomic mass is 9.71.